The van der Waals surface area contributed by atoms with Gasteiger partial charge in [-0.05, 0) is 56.3 Å². The van der Waals surface area contributed by atoms with Gasteiger partial charge in [0.1, 0.15) is 17.2 Å². The van der Waals surface area contributed by atoms with Crippen LogP contribution < -0.4 is 9.47 Å². The monoisotopic (exact) mass is 388 g/mol. The lowest BCUT2D eigenvalue weighted by molar-refractivity contribution is -0.156. The first-order valence-electron chi connectivity index (χ1n) is 7.45. The zero-order chi connectivity index (χ0) is 19.5. The van der Waals surface area contributed by atoms with Gasteiger partial charge in [-0.3, -0.25) is 0 Å². The van der Waals surface area contributed by atoms with E-state index in [4.69, 9.17) is 21.1 Å². The summed E-state index contributed by atoms with van der Waals surface area (Å²) >= 11 is 5.85. The van der Waals surface area contributed by atoms with Gasteiger partial charge < -0.3 is 14.2 Å². The minimum absolute atomic E-state index is 0.0863. The highest BCUT2D eigenvalue weighted by molar-refractivity contribution is 6.32. The normalized spacial score (nSPS) is 11.8. The van der Waals surface area contributed by atoms with Crippen LogP contribution in [0.5, 0.6) is 17.2 Å². The summed E-state index contributed by atoms with van der Waals surface area (Å²) in [5, 5.41) is -0.160. The molecule has 0 bridgehead atoms. The highest BCUT2D eigenvalue weighted by Crippen LogP contribution is 2.36. The van der Waals surface area contributed by atoms with Crippen LogP contribution in [0.1, 0.15) is 19.4 Å². The van der Waals surface area contributed by atoms with Gasteiger partial charge in [-0.15, -0.1) is 0 Å². The van der Waals surface area contributed by atoms with Crippen molar-refractivity contribution in [2.75, 3.05) is 7.11 Å². The van der Waals surface area contributed by atoms with E-state index < -0.39 is 23.3 Å². The van der Waals surface area contributed by atoms with Crippen LogP contribution in [0.3, 0.4) is 0 Å². The summed E-state index contributed by atoms with van der Waals surface area (Å²) < 4.78 is 53.6. The predicted molar refractivity (Wildman–Crippen MR) is 89.7 cm³/mol. The third-order valence-corrected chi connectivity index (χ3v) is 3.66. The summed E-state index contributed by atoms with van der Waals surface area (Å²) in [4.78, 5) is 11.6. The number of rotatable bonds is 5. The molecule has 26 heavy (non-hydrogen) atoms. The van der Waals surface area contributed by atoms with Crippen LogP contribution in [-0.2, 0) is 15.7 Å². The Hall–Kier alpha value is -2.41. The molecule has 2 aromatic rings. The molecule has 0 atom stereocenters. The highest BCUT2D eigenvalue weighted by Gasteiger charge is 2.32. The lowest BCUT2D eigenvalue weighted by atomic mass is 10.1. The molecular formula is C18H16ClF3O4. The summed E-state index contributed by atoms with van der Waals surface area (Å²) in [6, 6.07) is 9.02. The Bertz CT molecular complexity index is 786. The number of hydrogen-bond acceptors (Lipinski definition) is 4. The molecule has 0 unspecified atom stereocenters. The second-order valence-electron chi connectivity index (χ2n) is 5.82. The van der Waals surface area contributed by atoms with Crippen molar-refractivity contribution >= 4 is 17.6 Å². The fourth-order valence-corrected chi connectivity index (χ4v) is 2.26. The molecule has 0 spiro atoms. The molecule has 2 aromatic carbocycles. The first-order chi connectivity index (χ1) is 12.0. The first kappa shape index (κ1) is 19.9. The Morgan fingerprint density at radius 3 is 2.08 bits per heavy atom. The molecule has 0 amide bonds. The second kappa shape index (κ2) is 7.45. The maximum atomic E-state index is 12.6. The number of benzene rings is 2. The molecule has 0 saturated heterocycles. The zero-order valence-corrected chi connectivity index (χ0v) is 14.9. The third kappa shape index (κ3) is 4.82. The molecular weight excluding hydrogens is 373 g/mol. The molecule has 0 aliphatic carbocycles. The number of hydrogen-bond donors (Lipinski definition) is 0. The topological polar surface area (TPSA) is 44.8 Å². The van der Waals surface area contributed by atoms with E-state index in [0.29, 0.717) is 11.5 Å². The van der Waals surface area contributed by atoms with E-state index in [1.54, 1.807) is 26.0 Å². The quantitative estimate of drug-likeness (QED) is 0.636. The molecule has 0 heterocycles. The predicted octanol–water partition coefficient (Wildman–Crippen LogP) is 5.48. The summed E-state index contributed by atoms with van der Waals surface area (Å²) in [5.74, 6) is 0.290. The summed E-state index contributed by atoms with van der Waals surface area (Å²) in [6.45, 7) is 3.12. The molecule has 8 heteroatoms. The number of methoxy groups -OCH3 is 1. The molecule has 0 radical (unpaired) electrons. The van der Waals surface area contributed by atoms with Gasteiger partial charge in [0.2, 0.25) is 0 Å². The van der Waals surface area contributed by atoms with Crippen molar-refractivity contribution in [2.24, 2.45) is 0 Å². The van der Waals surface area contributed by atoms with E-state index in [2.05, 4.69) is 4.74 Å². The van der Waals surface area contributed by atoms with E-state index in [1.165, 1.54) is 19.2 Å². The van der Waals surface area contributed by atoms with Crippen LogP contribution in [-0.4, -0.2) is 18.7 Å². The summed E-state index contributed by atoms with van der Waals surface area (Å²) in [5.41, 5.74) is -2.03. The van der Waals surface area contributed by atoms with Crippen LogP contribution in [0.2, 0.25) is 5.02 Å². The van der Waals surface area contributed by atoms with Crippen molar-refractivity contribution in [2.45, 2.75) is 25.6 Å². The summed E-state index contributed by atoms with van der Waals surface area (Å²) in [6.07, 6.45) is -4.48. The number of carbonyl (C=O) groups is 1. The smallest absolute Gasteiger partial charge is 0.416 e. The van der Waals surface area contributed by atoms with Crippen LogP contribution in [0.15, 0.2) is 42.5 Å². The van der Waals surface area contributed by atoms with Crippen molar-refractivity contribution < 1.29 is 32.2 Å². The fourth-order valence-electron chi connectivity index (χ4n) is 2.04. The first-order valence-corrected chi connectivity index (χ1v) is 7.83. The van der Waals surface area contributed by atoms with Crippen molar-refractivity contribution in [3.63, 3.8) is 0 Å². The average Bonchev–Trinajstić information content (AvgIpc) is 2.56. The molecule has 140 valence electrons. The number of esters is 1. The minimum atomic E-state index is -4.48. The lowest BCUT2D eigenvalue weighted by Gasteiger charge is -2.23. The molecule has 2 rings (SSSR count). The van der Waals surface area contributed by atoms with Crippen LogP contribution in [0, 0.1) is 0 Å². The molecule has 0 aromatic heterocycles. The Kier molecular flexibility index (Phi) is 5.71. The fraction of sp³-hybridized carbons (Fsp3) is 0.278. The Balaban J connectivity index is 2.11. The second-order valence-corrected chi connectivity index (χ2v) is 6.23. The molecule has 4 nitrogen and oxygen atoms in total. The van der Waals surface area contributed by atoms with E-state index >= 15 is 0 Å². The van der Waals surface area contributed by atoms with Gasteiger partial charge in [0, 0.05) is 0 Å². The van der Waals surface area contributed by atoms with Gasteiger partial charge in [-0.25, -0.2) is 4.79 Å². The van der Waals surface area contributed by atoms with Crippen molar-refractivity contribution in [1.82, 2.24) is 0 Å². The van der Waals surface area contributed by atoms with Gasteiger partial charge in [0.05, 0.1) is 17.7 Å². The van der Waals surface area contributed by atoms with E-state index in [-0.39, 0.29) is 10.8 Å². The molecule has 0 N–H and O–H groups in total. The molecule has 0 aliphatic rings. The van der Waals surface area contributed by atoms with Crippen molar-refractivity contribution in [3.05, 3.63) is 53.1 Å². The standard InChI is InChI=1S/C18H16ClF3O4/c1-17(2,16(23)24-3)26-13-7-5-12(6-8-13)25-15-9-4-11(10-14(15)19)18(20,21)22/h4-10H,1-3H3. The minimum Gasteiger partial charge on any atom is -0.476 e. The number of ether oxygens (including phenoxy) is 3. The largest absolute Gasteiger partial charge is 0.476 e. The van der Waals surface area contributed by atoms with Crippen LogP contribution >= 0.6 is 11.6 Å². The lowest BCUT2D eigenvalue weighted by Crippen LogP contribution is -2.39. The summed E-state index contributed by atoms with van der Waals surface area (Å²) in [7, 11) is 1.26. The van der Waals surface area contributed by atoms with Gasteiger partial charge in [-0.1, -0.05) is 11.6 Å². The number of alkyl halides is 3. The van der Waals surface area contributed by atoms with Crippen molar-refractivity contribution in [3.8, 4) is 17.2 Å². The zero-order valence-electron chi connectivity index (χ0n) is 14.2. The number of halogens is 4. The Morgan fingerprint density at radius 2 is 1.58 bits per heavy atom. The maximum absolute atomic E-state index is 12.6. The third-order valence-electron chi connectivity index (χ3n) is 3.36. The van der Waals surface area contributed by atoms with Gasteiger partial charge in [0.15, 0.2) is 5.60 Å². The van der Waals surface area contributed by atoms with E-state index in [0.717, 1.165) is 18.2 Å². The highest BCUT2D eigenvalue weighted by atomic mass is 35.5. The van der Waals surface area contributed by atoms with Crippen LogP contribution in [0.4, 0.5) is 13.2 Å². The Morgan fingerprint density at radius 1 is 1.00 bits per heavy atom. The van der Waals surface area contributed by atoms with E-state index in [9.17, 15) is 18.0 Å². The van der Waals surface area contributed by atoms with Gasteiger partial charge in [0.25, 0.3) is 0 Å². The Labute approximate surface area is 153 Å². The molecule has 0 aliphatic heterocycles. The van der Waals surface area contributed by atoms with E-state index in [1.807, 2.05) is 0 Å². The SMILES string of the molecule is COC(=O)C(C)(C)Oc1ccc(Oc2ccc(C(F)(F)F)cc2Cl)cc1. The van der Waals surface area contributed by atoms with Gasteiger partial charge in [-0.2, -0.15) is 13.2 Å². The maximum Gasteiger partial charge on any atom is 0.416 e. The molecule has 0 saturated carbocycles. The van der Waals surface area contributed by atoms with Crippen molar-refractivity contribution in [1.29, 1.82) is 0 Å². The van der Waals surface area contributed by atoms with Gasteiger partial charge >= 0.3 is 12.1 Å². The van der Waals surface area contributed by atoms with Crippen LogP contribution in [0.25, 0.3) is 0 Å². The average molecular weight is 389 g/mol. The molecule has 0 fully saturated rings. The number of carbonyl (C=O) groups excluding carboxylic acids is 1.